The molecule has 2 aromatic rings. The smallest absolute Gasteiger partial charge is 0.339 e. The van der Waals surface area contributed by atoms with Crippen LogP contribution in [0.3, 0.4) is 0 Å². The van der Waals surface area contributed by atoms with Gasteiger partial charge >= 0.3 is 5.97 Å². The minimum atomic E-state index is -0.983. The maximum absolute atomic E-state index is 15.7. The first kappa shape index (κ1) is 24.2. The summed E-state index contributed by atoms with van der Waals surface area (Å²) in [5.41, 5.74) is 1.14. The van der Waals surface area contributed by atoms with E-state index >= 15 is 4.39 Å². The quantitative estimate of drug-likeness (QED) is 0.596. The number of piperazine rings is 1. The fraction of sp³-hybridized carbons (Fsp3) is 0.593. The van der Waals surface area contributed by atoms with Crippen LogP contribution < -0.4 is 20.7 Å². The average Bonchev–Trinajstić information content (AvgIpc) is 3.15. The van der Waals surface area contributed by atoms with Gasteiger partial charge in [0.05, 0.1) is 11.1 Å². The van der Waals surface area contributed by atoms with E-state index in [-0.39, 0.29) is 16.9 Å². The van der Waals surface area contributed by atoms with Crippen molar-refractivity contribution in [3.8, 4) is 0 Å². The van der Waals surface area contributed by atoms with Crippen molar-refractivity contribution < 1.29 is 13.9 Å². The number of hydrogen-bond acceptors (Lipinski definition) is 8. The van der Waals surface area contributed by atoms with Crippen molar-refractivity contribution in [1.82, 2.24) is 14.9 Å². The number of aromatic amines is 1. The third kappa shape index (κ3) is 4.15. The number of piperidine rings is 1. The molecule has 1 aromatic heterocycles. The number of H-pyrrole nitrogens is 1. The average molecular weight is 511 g/mol. The van der Waals surface area contributed by atoms with E-state index in [0.29, 0.717) is 60.8 Å². The maximum Gasteiger partial charge on any atom is 0.339 e. The standard InChI is InChI=1S/C27H35FN6O3/c1-26(2,3)34-13-11-32(12-14-34)17-15-19-21(20(28)16-17)27(37-24(19)36)6-9-33(10-7-27)25-30-22-18(23(35)31-25)5-4-8-29-22/h15-16H,4-14H2,1-3H3,(H2,29,30,31,35). The lowest BCUT2D eigenvalue weighted by Gasteiger charge is -2.43. The molecule has 0 unspecified atom stereocenters. The number of carbonyl (C=O) groups is 1. The van der Waals surface area contributed by atoms with Crippen molar-refractivity contribution in [2.24, 2.45) is 0 Å². The SMILES string of the molecule is CC(C)(C)N1CCN(c2cc(F)c3c(c2)C(=O)OC32CCN(c3nc4c(c(=O)[nH]3)CCCN4)CC2)CC1. The Morgan fingerprint density at radius 2 is 1.76 bits per heavy atom. The van der Waals surface area contributed by atoms with Gasteiger partial charge in [-0.1, -0.05) is 0 Å². The summed E-state index contributed by atoms with van der Waals surface area (Å²) in [6.45, 7) is 11.7. The van der Waals surface area contributed by atoms with Crippen LogP contribution in [0, 0.1) is 5.82 Å². The Hall–Kier alpha value is -3.14. The van der Waals surface area contributed by atoms with Gasteiger partial charge in [0.25, 0.3) is 5.56 Å². The second-order valence-corrected chi connectivity index (χ2v) is 11.6. The summed E-state index contributed by atoms with van der Waals surface area (Å²) in [7, 11) is 0. The summed E-state index contributed by atoms with van der Waals surface area (Å²) in [6.07, 6.45) is 2.49. The van der Waals surface area contributed by atoms with Crippen molar-refractivity contribution in [3.05, 3.63) is 45.0 Å². The Kier molecular flexibility index (Phi) is 5.70. The van der Waals surface area contributed by atoms with Crippen LogP contribution in [-0.2, 0) is 16.8 Å². The number of rotatable bonds is 2. The van der Waals surface area contributed by atoms with Gasteiger partial charge in [0.1, 0.15) is 17.2 Å². The van der Waals surface area contributed by atoms with Crippen LogP contribution in [0.25, 0.3) is 0 Å². The molecule has 2 N–H and O–H groups in total. The molecule has 5 heterocycles. The Labute approximate surface area is 216 Å². The second kappa shape index (κ2) is 8.72. The largest absolute Gasteiger partial charge is 0.450 e. The molecule has 0 radical (unpaired) electrons. The van der Waals surface area contributed by atoms with E-state index in [4.69, 9.17) is 4.74 Å². The molecule has 0 saturated carbocycles. The van der Waals surface area contributed by atoms with Gasteiger partial charge in [-0.25, -0.2) is 9.18 Å². The van der Waals surface area contributed by atoms with Gasteiger partial charge in [-0.3, -0.25) is 14.7 Å². The van der Waals surface area contributed by atoms with Crippen molar-refractivity contribution in [2.75, 3.05) is 60.9 Å². The monoisotopic (exact) mass is 510 g/mol. The molecule has 0 bridgehead atoms. The fourth-order valence-corrected chi connectivity index (χ4v) is 6.24. The molecule has 37 heavy (non-hydrogen) atoms. The van der Waals surface area contributed by atoms with Gasteiger partial charge in [0.15, 0.2) is 0 Å². The second-order valence-electron chi connectivity index (χ2n) is 11.6. The van der Waals surface area contributed by atoms with Crippen molar-refractivity contribution in [3.63, 3.8) is 0 Å². The molecular weight excluding hydrogens is 475 g/mol. The molecule has 0 aliphatic carbocycles. The zero-order chi connectivity index (χ0) is 25.9. The van der Waals surface area contributed by atoms with Crippen LogP contribution in [-0.4, -0.2) is 72.2 Å². The summed E-state index contributed by atoms with van der Waals surface area (Å²) in [6, 6.07) is 3.37. The highest BCUT2D eigenvalue weighted by Gasteiger charge is 2.50. The normalized spacial score (nSPS) is 21.5. The van der Waals surface area contributed by atoms with E-state index in [1.165, 1.54) is 0 Å². The Morgan fingerprint density at radius 1 is 1.03 bits per heavy atom. The summed E-state index contributed by atoms with van der Waals surface area (Å²) in [5, 5.41) is 3.22. The fourth-order valence-electron chi connectivity index (χ4n) is 6.24. The number of nitrogens with one attached hydrogen (secondary N) is 2. The molecule has 1 spiro atoms. The summed E-state index contributed by atoms with van der Waals surface area (Å²) in [4.78, 5) is 39.6. The number of esters is 1. The van der Waals surface area contributed by atoms with Gasteiger partial charge in [-0.05, 0) is 45.7 Å². The molecule has 10 heteroatoms. The van der Waals surface area contributed by atoms with Crippen LogP contribution in [0.15, 0.2) is 16.9 Å². The number of carbonyl (C=O) groups excluding carboxylic acids is 1. The van der Waals surface area contributed by atoms with Gasteiger partial charge in [-0.2, -0.15) is 4.98 Å². The van der Waals surface area contributed by atoms with Gasteiger partial charge in [-0.15, -0.1) is 0 Å². The molecule has 6 rings (SSSR count). The lowest BCUT2D eigenvalue weighted by Crippen LogP contribution is -2.53. The molecule has 2 fully saturated rings. The number of ether oxygens (including phenoxy) is 1. The molecular formula is C27H35FN6O3. The highest BCUT2D eigenvalue weighted by atomic mass is 19.1. The van der Waals surface area contributed by atoms with E-state index in [1.54, 1.807) is 6.07 Å². The zero-order valence-electron chi connectivity index (χ0n) is 21.8. The first-order valence-corrected chi connectivity index (χ1v) is 13.3. The number of halogens is 1. The minimum absolute atomic E-state index is 0.0957. The van der Waals surface area contributed by atoms with E-state index in [1.807, 2.05) is 11.0 Å². The predicted octanol–water partition coefficient (Wildman–Crippen LogP) is 2.85. The lowest BCUT2D eigenvalue weighted by molar-refractivity contribution is -0.0225. The Bertz CT molecular complexity index is 1290. The van der Waals surface area contributed by atoms with E-state index in [2.05, 4.69) is 45.9 Å². The lowest BCUT2D eigenvalue weighted by atomic mass is 9.83. The third-order valence-corrected chi connectivity index (χ3v) is 8.40. The van der Waals surface area contributed by atoms with Crippen molar-refractivity contribution in [2.45, 2.75) is 57.6 Å². The molecule has 4 aliphatic heterocycles. The molecule has 2 saturated heterocycles. The van der Waals surface area contributed by atoms with E-state index < -0.39 is 11.6 Å². The van der Waals surface area contributed by atoms with Crippen molar-refractivity contribution in [1.29, 1.82) is 0 Å². The Balaban J connectivity index is 1.21. The van der Waals surface area contributed by atoms with E-state index in [0.717, 1.165) is 44.8 Å². The van der Waals surface area contributed by atoms with Gasteiger partial charge in [0, 0.05) is 75.4 Å². The molecule has 0 atom stereocenters. The summed E-state index contributed by atoms with van der Waals surface area (Å²) >= 11 is 0. The summed E-state index contributed by atoms with van der Waals surface area (Å²) < 4.78 is 21.6. The first-order chi connectivity index (χ1) is 17.6. The molecule has 1 aromatic carbocycles. The number of anilines is 3. The molecule has 0 amide bonds. The number of hydrogen-bond donors (Lipinski definition) is 2. The highest BCUT2D eigenvalue weighted by Crippen LogP contribution is 2.47. The maximum atomic E-state index is 15.7. The van der Waals surface area contributed by atoms with Crippen LogP contribution in [0.1, 0.15) is 61.5 Å². The number of fused-ring (bicyclic) bond motifs is 3. The number of nitrogens with zero attached hydrogens (tertiary/aromatic N) is 4. The zero-order valence-corrected chi connectivity index (χ0v) is 21.8. The van der Waals surface area contributed by atoms with Crippen molar-refractivity contribution >= 4 is 23.4 Å². The molecule has 198 valence electrons. The number of benzene rings is 1. The van der Waals surface area contributed by atoms with Crippen LogP contribution in [0.4, 0.5) is 21.8 Å². The first-order valence-electron chi connectivity index (χ1n) is 13.3. The molecule has 9 nitrogen and oxygen atoms in total. The van der Waals surface area contributed by atoms with Crippen LogP contribution in [0.2, 0.25) is 0 Å². The van der Waals surface area contributed by atoms with Gasteiger partial charge in [0.2, 0.25) is 5.95 Å². The predicted molar refractivity (Wildman–Crippen MR) is 140 cm³/mol. The van der Waals surface area contributed by atoms with Crippen LogP contribution in [0.5, 0.6) is 0 Å². The topological polar surface area (TPSA) is 93.8 Å². The van der Waals surface area contributed by atoms with E-state index in [9.17, 15) is 9.59 Å². The van der Waals surface area contributed by atoms with Gasteiger partial charge < -0.3 is 19.9 Å². The number of aromatic nitrogens is 2. The van der Waals surface area contributed by atoms with Crippen LogP contribution >= 0.6 is 0 Å². The molecule has 4 aliphatic rings. The Morgan fingerprint density at radius 3 is 2.46 bits per heavy atom. The minimum Gasteiger partial charge on any atom is -0.450 e. The third-order valence-electron chi connectivity index (χ3n) is 8.40. The summed E-state index contributed by atoms with van der Waals surface area (Å²) in [5.74, 6) is 0.309. The highest BCUT2D eigenvalue weighted by molar-refractivity contribution is 5.96.